The fourth-order valence-corrected chi connectivity index (χ4v) is 2.50. The van der Waals surface area contributed by atoms with Gasteiger partial charge in [0.2, 0.25) is 0 Å². The Morgan fingerprint density at radius 2 is 1.84 bits per heavy atom. The van der Waals surface area contributed by atoms with Gasteiger partial charge >= 0.3 is 6.36 Å². The molecule has 0 saturated carbocycles. The molecule has 0 radical (unpaired) electrons. The van der Waals surface area contributed by atoms with Crippen LogP contribution in [0.15, 0.2) is 46.9 Å². The van der Waals surface area contributed by atoms with Gasteiger partial charge < -0.3 is 15.2 Å². The molecule has 2 aromatic carbocycles. The number of benzene rings is 2. The minimum atomic E-state index is -4.79. The first-order valence-corrected chi connectivity index (χ1v) is 7.72. The van der Waals surface area contributed by atoms with Crippen LogP contribution in [0.25, 0.3) is 0 Å². The van der Waals surface area contributed by atoms with Crippen LogP contribution in [0, 0.1) is 5.82 Å². The Morgan fingerprint density at radius 1 is 1.20 bits per heavy atom. The number of carbonyl (C=O) groups is 1. The van der Waals surface area contributed by atoms with E-state index < -0.39 is 29.9 Å². The molecule has 2 rings (SSSR count). The number of carbonyl (C=O) groups excluding carboxylic acids is 1. The molecular formula is C16H12BrF4NO3. The van der Waals surface area contributed by atoms with Crippen LogP contribution in [0.4, 0.5) is 17.6 Å². The highest BCUT2D eigenvalue weighted by Crippen LogP contribution is 2.24. The number of alkyl halides is 3. The van der Waals surface area contributed by atoms with Crippen molar-refractivity contribution in [2.45, 2.75) is 12.5 Å². The van der Waals surface area contributed by atoms with Gasteiger partial charge in [0.05, 0.1) is 11.7 Å². The molecule has 0 saturated heterocycles. The highest BCUT2D eigenvalue weighted by molar-refractivity contribution is 9.10. The third-order valence-corrected chi connectivity index (χ3v) is 3.79. The maximum atomic E-state index is 13.0. The summed E-state index contributed by atoms with van der Waals surface area (Å²) in [5.41, 5.74) is 0.482. The number of ether oxygens (including phenoxy) is 1. The summed E-state index contributed by atoms with van der Waals surface area (Å²) in [6.07, 6.45) is -5.93. The molecule has 0 bridgehead atoms. The van der Waals surface area contributed by atoms with Gasteiger partial charge in [0.15, 0.2) is 0 Å². The molecule has 9 heteroatoms. The van der Waals surface area contributed by atoms with Crippen LogP contribution in [-0.4, -0.2) is 23.9 Å². The van der Waals surface area contributed by atoms with Crippen molar-refractivity contribution in [2.24, 2.45) is 0 Å². The highest BCUT2D eigenvalue weighted by atomic mass is 79.9. The fraction of sp³-hybridized carbons (Fsp3) is 0.188. The monoisotopic (exact) mass is 421 g/mol. The Morgan fingerprint density at radius 3 is 2.40 bits per heavy atom. The Labute approximate surface area is 148 Å². The van der Waals surface area contributed by atoms with Gasteiger partial charge in [0, 0.05) is 11.0 Å². The van der Waals surface area contributed by atoms with Crippen molar-refractivity contribution >= 4 is 21.8 Å². The van der Waals surface area contributed by atoms with Gasteiger partial charge in [0.25, 0.3) is 5.91 Å². The molecule has 0 aliphatic rings. The molecule has 134 valence electrons. The van der Waals surface area contributed by atoms with Crippen molar-refractivity contribution in [3.63, 3.8) is 0 Å². The van der Waals surface area contributed by atoms with Gasteiger partial charge in [-0.3, -0.25) is 4.79 Å². The van der Waals surface area contributed by atoms with E-state index in [-0.39, 0.29) is 16.6 Å². The largest absolute Gasteiger partial charge is 0.573 e. The topological polar surface area (TPSA) is 58.6 Å². The predicted octanol–water partition coefficient (Wildman–Crippen LogP) is 3.95. The number of halogens is 5. The summed E-state index contributed by atoms with van der Waals surface area (Å²) >= 11 is 3.06. The lowest BCUT2D eigenvalue weighted by Crippen LogP contribution is -2.28. The first-order chi connectivity index (χ1) is 11.7. The minimum absolute atomic E-state index is 0.178. The number of amides is 1. The molecule has 2 aromatic rings. The summed E-state index contributed by atoms with van der Waals surface area (Å²) in [6, 6.07) is 8.16. The van der Waals surface area contributed by atoms with E-state index in [4.69, 9.17) is 0 Å². The van der Waals surface area contributed by atoms with Gasteiger partial charge in [-0.25, -0.2) is 4.39 Å². The van der Waals surface area contributed by atoms with Crippen molar-refractivity contribution in [3.05, 3.63) is 63.9 Å². The molecule has 0 fully saturated rings. The molecule has 0 aromatic heterocycles. The lowest BCUT2D eigenvalue weighted by Gasteiger charge is -2.14. The molecule has 0 aliphatic carbocycles. The summed E-state index contributed by atoms with van der Waals surface area (Å²) in [5.74, 6) is -1.46. The molecule has 0 spiro atoms. The van der Waals surface area contributed by atoms with Crippen LogP contribution >= 0.6 is 15.9 Å². The SMILES string of the molecule is O=C(NCC(O)c1ccc(OC(F)(F)F)cc1)c1ccc(F)cc1Br. The molecule has 4 nitrogen and oxygen atoms in total. The molecule has 0 aliphatic heterocycles. The Hall–Kier alpha value is -2.13. The summed E-state index contributed by atoms with van der Waals surface area (Å²) in [4.78, 5) is 12.0. The van der Waals surface area contributed by atoms with E-state index in [2.05, 4.69) is 26.0 Å². The summed E-state index contributed by atoms with van der Waals surface area (Å²) in [7, 11) is 0. The Kier molecular flexibility index (Phi) is 6.02. The van der Waals surface area contributed by atoms with Gasteiger partial charge in [-0.1, -0.05) is 12.1 Å². The zero-order chi connectivity index (χ0) is 18.6. The second-order valence-corrected chi connectivity index (χ2v) is 5.82. The van der Waals surface area contributed by atoms with Crippen molar-refractivity contribution in [2.75, 3.05) is 6.54 Å². The van der Waals surface area contributed by atoms with E-state index in [0.29, 0.717) is 5.56 Å². The zero-order valence-electron chi connectivity index (χ0n) is 12.5. The summed E-state index contributed by atoms with van der Waals surface area (Å²) < 4.78 is 53.2. The minimum Gasteiger partial charge on any atom is -0.406 e. The predicted molar refractivity (Wildman–Crippen MR) is 84.5 cm³/mol. The van der Waals surface area contributed by atoms with E-state index in [1.807, 2.05) is 0 Å². The number of aliphatic hydroxyl groups is 1. The molecule has 1 atom stereocenters. The standard InChI is InChI=1S/C16H12BrF4NO3/c17-13-7-10(18)3-6-12(13)15(24)22-8-14(23)9-1-4-11(5-2-9)25-16(19,20)21/h1-7,14,23H,8H2,(H,22,24). The van der Waals surface area contributed by atoms with Crippen molar-refractivity contribution in [1.82, 2.24) is 5.32 Å². The smallest absolute Gasteiger partial charge is 0.406 e. The van der Waals surface area contributed by atoms with Crippen molar-refractivity contribution in [3.8, 4) is 5.75 Å². The summed E-state index contributed by atoms with van der Waals surface area (Å²) in [5, 5.41) is 12.5. The van der Waals surface area contributed by atoms with Gasteiger partial charge in [-0.2, -0.15) is 0 Å². The summed E-state index contributed by atoms with van der Waals surface area (Å²) in [6.45, 7) is -0.178. The average molecular weight is 422 g/mol. The van der Waals surface area contributed by atoms with Crippen LogP contribution in [0.5, 0.6) is 5.75 Å². The van der Waals surface area contributed by atoms with Crippen molar-refractivity contribution < 1.29 is 32.2 Å². The normalized spacial score (nSPS) is 12.6. The lowest BCUT2D eigenvalue weighted by atomic mass is 10.1. The van der Waals surface area contributed by atoms with E-state index in [9.17, 15) is 27.5 Å². The Balaban J connectivity index is 1.95. The maximum Gasteiger partial charge on any atom is 0.573 e. The van der Waals surface area contributed by atoms with Crippen LogP contribution in [-0.2, 0) is 0 Å². The van der Waals surface area contributed by atoms with E-state index in [0.717, 1.165) is 24.3 Å². The van der Waals surface area contributed by atoms with Gasteiger partial charge in [-0.05, 0) is 51.8 Å². The van der Waals surface area contributed by atoms with E-state index >= 15 is 0 Å². The van der Waals surface area contributed by atoms with Crippen LogP contribution < -0.4 is 10.1 Å². The van der Waals surface area contributed by atoms with Crippen LogP contribution in [0.2, 0.25) is 0 Å². The van der Waals surface area contributed by atoms with Crippen LogP contribution in [0.1, 0.15) is 22.0 Å². The molecule has 0 heterocycles. The molecule has 1 unspecified atom stereocenters. The third kappa shape index (κ3) is 5.71. The second-order valence-electron chi connectivity index (χ2n) is 4.97. The maximum absolute atomic E-state index is 13.0. The number of hydrogen-bond donors (Lipinski definition) is 2. The van der Waals surface area contributed by atoms with Crippen LogP contribution in [0.3, 0.4) is 0 Å². The lowest BCUT2D eigenvalue weighted by molar-refractivity contribution is -0.274. The van der Waals surface area contributed by atoms with E-state index in [1.54, 1.807) is 0 Å². The number of aliphatic hydroxyl groups excluding tert-OH is 1. The fourth-order valence-electron chi connectivity index (χ4n) is 1.97. The zero-order valence-corrected chi connectivity index (χ0v) is 14.1. The van der Waals surface area contributed by atoms with Gasteiger partial charge in [0.1, 0.15) is 11.6 Å². The van der Waals surface area contributed by atoms with Gasteiger partial charge in [-0.15, -0.1) is 13.2 Å². The quantitative estimate of drug-likeness (QED) is 0.718. The Bertz CT molecular complexity index is 750. The molecular weight excluding hydrogens is 410 g/mol. The van der Waals surface area contributed by atoms with Crippen molar-refractivity contribution in [1.29, 1.82) is 0 Å². The number of hydrogen-bond acceptors (Lipinski definition) is 3. The third-order valence-electron chi connectivity index (χ3n) is 3.13. The molecule has 1 amide bonds. The highest BCUT2D eigenvalue weighted by Gasteiger charge is 2.31. The molecule has 2 N–H and O–H groups in total. The number of rotatable bonds is 5. The first-order valence-electron chi connectivity index (χ1n) is 6.93. The molecule has 25 heavy (non-hydrogen) atoms. The number of nitrogens with one attached hydrogen (secondary N) is 1. The average Bonchev–Trinajstić information content (AvgIpc) is 2.51. The van der Waals surface area contributed by atoms with E-state index in [1.165, 1.54) is 18.2 Å². The first kappa shape index (κ1) is 19.2. The second kappa shape index (κ2) is 7.83.